The van der Waals surface area contributed by atoms with Gasteiger partial charge in [0.2, 0.25) is 0 Å². The van der Waals surface area contributed by atoms with Gasteiger partial charge in [-0.3, -0.25) is 4.79 Å². The molecule has 0 aliphatic carbocycles. The van der Waals surface area contributed by atoms with E-state index in [-0.39, 0.29) is 40.1 Å². The summed E-state index contributed by atoms with van der Waals surface area (Å²) < 4.78 is 0. The summed E-state index contributed by atoms with van der Waals surface area (Å²) in [5.41, 5.74) is 5.45. The van der Waals surface area contributed by atoms with Gasteiger partial charge in [0, 0.05) is 32.7 Å². The van der Waals surface area contributed by atoms with Crippen LogP contribution in [-0.4, -0.2) is 5.91 Å². The fourth-order valence-corrected chi connectivity index (χ4v) is 0.547. The fraction of sp³-hybridized carbons (Fsp3) is 0. The molecule has 2 nitrogen and oxygen atoms in total. The van der Waals surface area contributed by atoms with E-state index in [0.717, 1.165) is 0 Å². The summed E-state index contributed by atoms with van der Waals surface area (Å²) in [7, 11) is 0. The summed E-state index contributed by atoms with van der Waals surface area (Å²) in [5.74, 6) is -0.410. The van der Waals surface area contributed by atoms with Crippen LogP contribution in [0.15, 0.2) is 24.3 Å². The average molecular weight is 224 g/mol. The molecule has 0 aromatic heterocycles. The molecule has 0 fully saturated rings. The summed E-state index contributed by atoms with van der Waals surface area (Å²) in [6.07, 6.45) is 0. The predicted octanol–water partition coefficient (Wildman–Crippen LogP) is 1.03. The van der Waals surface area contributed by atoms with Gasteiger partial charge in [0.1, 0.15) is 0 Å². The third-order valence-corrected chi connectivity index (χ3v) is 0.992. The minimum atomic E-state index is -0.410. The van der Waals surface area contributed by atoms with Gasteiger partial charge >= 0.3 is 0 Å². The Balaban J connectivity index is 0. The molecule has 0 saturated heterocycles. The van der Waals surface area contributed by atoms with E-state index in [0.29, 0.717) is 5.56 Å². The Morgan fingerprint density at radius 2 is 2.18 bits per heavy atom. The van der Waals surface area contributed by atoms with Gasteiger partial charge in [-0.15, -0.1) is 0 Å². The molecule has 57 valence electrons. The van der Waals surface area contributed by atoms with E-state index in [9.17, 15) is 4.79 Å². The van der Waals surface area contributed by atoms with Crippen LogP contribution in [0.2, 0.25) is 0 Å². The number of rotatable bonds is 1. The smallest absolute Gasteiger partial charge is 0.192 e. The van der Waals surface area contributed by atoms with Gasteiger partial charge in [-0.25, -0.2) is 0 Å². The van der Waals surface area contributed by atoms with Crippen LogP contribution >= 0.6 is 0 Å². The molecular weight excluding hydrogens is 215 g/mol. The summed E-state index contributed by atoms with van der Waals surface area (Å²) in [5, 5.41) is 0. The Labute approximate surface area is 92.1 Å². The van der Waals surface area contributed by atoms with Gasteiger partial charge in [-0.2, -0.15) is 30.3 Å². The van der Waals surface area contributed by atoms with E-state index >= 15 is 0 Å². The van der Waals surface area contributed by atoms with Gasteiger partial charge < -0.3 is 13.2 Å². The molecule has 0 saturated carbocycles. The summed E-state index contributed by atoms with van der Waals surface area (Å²) in [6.45, 7) is 0. The molecule has 0 spiro atoms. The van der Waals surface area contributed by atoms with Gasteiger partial charge in [0.05, 0.1) is 0 Å². The zero-order valence-corrected chi connectivity index (χ0v) is 9.21. The second-order valence-electron chi connectivity index (χ2n) is 1.66. The van der Waals surface area contributed by atoms with Crippen LogP contribution in [0.4, 0.5) is 0 Å². The largest absolute Gasteiger partial charge is 0.376 e. The van der Waals surface area contributed by atoms with Crippen molar-refractivity contribution in [3.63, 3.8) is 0 Å². The molecule has 11 heavy (non-hydrogen) atoms. The van der Waals surface area contributed by atoms with E-state index in [1.165, 1.54) is 0 Å². The van der Waals surface area contributed by atoms with Crippen LogP contribution in [0.1, 0.15) is 10.4 Å². The fourth-order valence-electron chi connectivity index (χ4n) is 0.547. The molecule has 0 bridgehead atoms. The van der Waals surface area contributed by atoms with Crippen molar-refractivity contribution in [1.82, 2.24) is 0 Å². The van der Waals surface area contributed by atoms with Crippen molar-refractivity contribution in [2.24, 2.45) is 5.73 Å². The summed E-state index contributed by atoms with van der Waals surface area (Å²) in [4.78, 5) is 10.4. The topological polar surface area (TPSA) is 43.1 Å². The zero-order chi connectivity index (χ0) is 6.69. The molecule has 0 aliphatic rings. The molecule has 0 atom stereocenters. The SMILES string of the molecule is NC(=O)c1c[c-]ccc1.[CH3-].[Y]. The monoisotopic (exact) mass is 224 g/mol. The van der Waals surface area contributed by atoms with Crippen LogP contribution in [0.25, 0.3) is 0 Å². The number of amides is 1. The van der Waals surface area contributed by atoms with E-state index in [2.05, 4.69) is 6.07 Å². The third kappa shape index (κ3) is 4.28. The molecule has 0 heterocycles. The second-order valence-corrected chi connectivity index (χ2v) is 1.66. The van der Waals surface area contributed by atoms with Gasteiger partial charge in [-0.1, -0.05) is 5.56 Å². The number of nitrogens with two attached hydrogens (primary N) is 1. The van der Waals surface area contributed by atoms with Crippen molar-refractivity contribution in [3.05, 3.63) is 43.3 Å². The van der Waals surface area contributed by atoms with E-state index < -0.39 is 5.91 Å². The number of primary amides is 1. The zero-order valence-electron chi connectivity index (χ0n) is 6.37. The third-order valence-electron chi connectivity index (χ3n) is 0.992. The Kier molecular flexibility index (Phi) is 7.91. The van der Waals surface area contributed by atoms with Crippen molar-refractivity contribution in [3.8, 4) is 0 Å². The normalized spacial score (nSPS) is 7.27. The molecule has 1 rings (SSSR count). The molecule has 1 amide bonds. The number of hydrogen-bond donors (Lipinski definition) is 1. The first kappa shape index (κ1) is 13.4. The van der Waals surface area contributed by atoms with E-state index in [1.54, 1.807) is 24.3 Å². The first-order chi connectivity index (χ1) is 4.30. The number of hydrogen-bond acceptors (Lipinski definition) is 1. The van der Waals surface area contributed by atoms with Crippen molar-refractivity contribution in [1.29, 1.82) is 0 Å². The Hall–Kier alpha value is -0.206. The van der Waals surface area contributed by atoms with Gasteiger partial charge in [-0.05, 0) is 0 Å². The molecule has 1 radical (unpaired) electrons. The van der Waals surface area contributed by atoms with Gasteiger partial charge in [0.25, 0.3) is 0 Å². The van der Waals surface area contributed by atoms with Gasteiger partial charge in [0.15, 0.2) is 5.91 Å². The van der Waals surface area contributed by atoms with E-state index in [1.807, 2.05) is 0 Å². The van der Waals surface area contributed by atoms with Crippen LogP contribution in [0.3, 0.4) is 0 Å². The number of carbonyl (C=O) groups excluding carboxylic acids is 1. The van der Waals surface area contributed by atoms with Crippen LogP contribution in [-0.2, 0) is 32.7 Å². The summed E-state index contributed by atoms with van der Waals surface area (Å²) in [6, 6.07) is 9.39. The minimum absolute atomic E-state index is 0. The number of benzene rings is 1. The maximum Gasteiger partial charge on any atom is 0.192 e. The first-order valence-electron chi connectivity index (χ1n) is 2.56. The van der Waals surface area contributed by atoms with Crippen LogP contribution < -0.4 is 5.73 Å². The molecule has 0 unspecified atom stereocenters. The molecular formula is C8H9NOY-2. The standard InChI is InChI=1S/C7H6NO.CH3.Y/c8-7(9)6-4-2-1-3-5-6;;/h1-2,4-5H,(H2,8,9);1H3;/q2*-1;. The molecule has 3 heteroatoms. The minimum Gasteiger partial charge on any atom is -0.376 e. The van der Waals surface area contributed by atoms with Crippen LogP contribution in [0, 0.1) is 13.5 Å². The quantitative estimate of drug-likeness (QED) is 0.711. The van der Waals surface area contributed by atoms with Crippen molar-refractivity contribution < 1.29 is 37.5 Å². The first-order valence-corrected chi connectivity index (χ1v) is 2.56. The molecule has 1 aromatic carbocycles. The maximum atomic E-state index is 10.4. The van der Waals surface area contributed by atoms with Crippen LogP contribution in [0.5, 0.6) is 0 Å². The van der Waals surface area contributed by atoms with E-state index in [4.69, 9.17) is 5.73 Å². The molecule has 1 aromatic rings. The Morgan fingerprint density at radius 1 is 1.55 bits per heavy atom. The van der Waals surface area contributed by atoms with Crippen molar-refractivity contribution in [2.75, 3.05) is 0 Å². The Bertz CT molecular complexity index is 211. The summed E-state index contributed by atoms with van der Waals surface area (Å²) >= 11 is 0. The Morgan fingerprint density at radius 3 is 2.45 bits per heavy atom. The second kappa shape index (κ2) is 6.50. The molecule has 2 N–H and O–H groups in total. The number of carbonyl (C=O) groups is 1. The van der Waals surface area contributed by atoms with Crippen molar-refractivity contribution in [2.45, 2.75) is 0 Å². The van der Waals surface area contributed by atoms with Crippen molar-refractivity contribution >= 4 is 5.91 Å². The molecule has 0 aliphatic heterocycles. The maximum absolute atomic E-state index is 10.4. The predicted molar refractivity (Wildman–Crippen MR) is 40.2 cm³/mol. The average Bonchev–Trinajstić information content (AvgIpc) is 1.90.